The molecule has 0 aromatic heterocycles. The lowest BCUT2D eigenvalue weighted by atomic mass is 9.87. The fraction of sp³-hybridized carbons (Fsp3) is 0.533. The molecule has 0 fully saturated rings. The molecule has 0 saturated carbocycles. The molecule has 6 heteroatoms. The maximum atomic E-state index is 11.0. The molecule has 0 unspecified atom stereocenters. The number of hydrogen-bond donors (Lipinski definition) is 1. The van der Waals surface area contributed by atoms with Crippen molar-refractivity contribution in [1.29, 1.82) is 0 Å². The van der Waals surface area contributed by atoms with Gasteiger partial charge in [0.1, 0.15) is 5.75 Å². The standard InChI is InChI=1S/C15H21NO5/c1-11-12(16(19)20)7-6-8-13(11)21-10-5-4-9-15(2,3)14(17)18/h6-8H,4-5,9-10H2,1-3H3,(H,17,18). The van der Waals surface area contributed by atoms with Crippen molar-refractivity contribution in [3.63, 3.8) is 0 Å². The molecule has 0 atom stereocenters. The van der Waals surface area contributed by atoms with E-state index in [1.54, 1.807) is 32.9 Å². The first kappa shape index (κ1) is 16.9. The Morgan fingerprint density at radius 1 is 1.38 bits per heavy atom. The average Bonchev–Trinajstić information content (AvgIpc) is 2.39. The molecular weight excluding hydrogens is 274 g/mol. The molecule has 1 aromatic rings. The van der Waals surface area contributed by atoms with Crippen LogP contribution in [-0.2, 0) is 4.79 Å². The van der Waals surface area contributed by atoms with Crippen LogP contribution in [0.25, 0.3) is 0 Å². The Bertz CT molecular complexity index is 525. The maximum Gasteiger partial charge on any atom is 0.309 e. The number of unbranched alkanes of at least 4 members (excludes halogenated alkanes) is 1. The Hall–Kier alpha value is -2.11. The van der Waals surface area contributed by atoms with Gasteiger partial charge in [-0.1, -0.05) is 6.07 Å². The average molecular weight is 295 g/mol. The SMILES string of the molecule is Cc1c(OCCCCC(C)(C)C(=O)O)cccc1[N+](=O)[O-]. The normalized spacial score (nSPS) is 11.2. The molecule has 116 valence electrons. The summed E-state index contributed by atoms with van der Waals surface area (Å²) in [5, 5.41) is 19.8. The molecule has 0 amide bonds. The van der Waals surface area contributed by atoms with Crippen LogP contribution in [0.2, 0.25) is 0 Å². The minimum atomic E-state index is -0.807. The van der Waals surface area contributed by atoms with Gasteiger partial charge in [-0.05, 0) is 46.1 Å². The largest absolute Gasteiger partial charge is 0.493 e. The van der Waals surface area contributed by atoms with Crippen LogP contribution in [0.4, 0.5) is 5.69 Å². The number of carboxylic acids is 1. The predicted molar refractivity (Wildman–Crippen MR) is 78.6 cm³/mol. The van der Waals surface area contributed by atoms with Crippen molar-refractivity contribution in [2.45, 2.75) is 40.0 Å². The lowest BCUT2D eigenvalue weighted by Crippen LogP contribution is -2.23. The zero-order chi connectivity index (χ0) is 16.0. The molecule has 0 saturated heterocycles. The Labute approximate surface area is 123 Å². The molecule has 0 radical (unpaired) electrons. The first-order chi connectivity index (χ1) is 9.75. The first-order valence-corrected chi connectivity index (χ1v) is 6.86. The van der Waals surface area contributed by atoms with Crippen molar-refractivity contribution < 1.29 is 19.6 Å². The fourth-order valence-corrected chi connectivity index (χ4v) is 1.92. The second kappa shape index (κ2) is 7.06. The number of aliphatic carboxylic acids is 1. The minimum Gasteiger partial charge on any atom is -0.493 e. The zero-order valence-electron chi connectivity index (χ0n) is 12.6. The van der Waals surface area contributed by atoms with Crippen LogP contribution in [0.1, 0.15) is 38.7 Å². The third-order valence-corrected chi connectivity index (χ3v) is 3.48. The molecule has 1 aromatic carbocycles. The van der Waals surface area contributed by atoms with Crippen molar-refractivity contribution in [1.82, 2.24) is 0 Å². The van der Waals surface area contributed by atoms with Crippen LogP contribution >= 0.6 is 0 Å². The van der Waals surface area contributed by atoms with Gasteiger partial charge in [0.25, 0.3) is 5.69 Å². The Morgan fingerprint density at radius 3 is 2.62 bits per heavy atom. The van der Waals surface area contributed by atoms with Gasteiger partial charge >= 0.3 is 5.97 Å². The molecule has 0 bridgehead atoms. The van der Waals surface area contributed by atoms with E-state index < -0.39 is 16.3 Å². The van der Waals surface area contributed by atoms with Gasteiger partial charge < -0.3 is 9.84 Å². The summed E-state index contributed by atoms with van der Waals surface area (Å²) in [6.45, 7) is 5.46. The van der Waals surface area contributed by atoms with Crippen molar-refractivity contribution >= 4 is 11.7 Å². The lowest BCUT2D eigenvalue weighted by molar-refractivity contribution is -0.385. The van der Waals surface area contributed by atoms with Crippen molar-refractivity contribution in [3.8, 4) is 5.75 Å². The molecule has 1 N–H and O–H groups in total. The molecular formula is C15H21NO5. The topological polar surface area (TPSA) is 89.7 Å². The van der Waals surface area contributed by atoms with Gasteiger partial charge in [0.05, 0.1) is 22.5 Å². The van der Waals surface area contributed by atoms with E-state index in [1.807, 2.05) is 0 Å². The van der Waals surface area contributed by atoms with Crippen LogP contribution < -0.4 is 4.74 Å². The van der Waals surface area contributed by atoms with Gasteiger partial charge in [0, 0.05) is 6.07 Å². The molecule has 0 aliphatic carbocycles. The van der Waals surface area contributed by atoms with Crippen LogP contribution in [0.5, 0.6) is 5.75 Å². The number of nitro groups is 1. The van der Waals surface area contributed by atoms with Crippen molar-refractivity contribution in [2.24, 2.45) is 5.41 Å². The fourth-order valence-electron chi connectivity index (χ4n) is 1.92. The molecule has 6 nitrogen and oxygen atoms in total. The summed E-state index contributed by atoms with van der Waals surface area (Å²) in [5.41, 5.74) is -0.186. The first-order valence-electron chi connectivity index (χ1n) is 6.86. The summed E-state index contributed by atoms with van der Waals surface area (Å²) >= 11 is 0. The van der Waals surface area contributed by atoms with Crippen LogP contribution in [0.15, 0.2) is 18.2 Å². The number of carbonyl (C=O) groups is 1. The quantitative estimate of drug-likeness (QED) is 0.450. The van der Waals surface area contributed by atoms with E-state index in [1.165, 1.54) is 6.07 Å². The highest BCUT2D eigenvalue weighted by Gasteiger charge is 2.26. The van der Waals surface area contributed by atoms with E-state index in [0.717, 1.165) is 6.42 Å². The van der Waals surface area contributed by atoms with Crippen LogP contribution in [0, 0.1) is 22.5 Å². The van der Waals surface area contributed by atoms with E-state index in [4.69, 9.17) is 9.84 Å². The van der Waals surface area contributed by atoms with Crippen molar-refractivity contribution in [2.75, 3.05) is 6.61 Å². The number of hydrogen-bond acceptors (Lipinski definition) is 4. The number of rotatable bonds is 8. The highest BCUT2D eigenvalue weighted by Crippen LogP contribution is 2.27. The molecule has 0 heterocycles. The van der Waals surface area contributed by atoms with Gasteiger partial charge in [0.15, 0.2) is 0 Å². The predicted octanol–water partition coefficient (Wildman–Crippen LogP) is 3.56. The summed E-state index contributed by atoms with van der Waals surface area (Å²) in [6, 6.07) is 4.73. The Kier molecular flexibility index (Phi) is 5.69. The number of carboxylic acid groups (broad SMARTS) is 1. The van der Waals surface area contributed by atoms with E-state index in [2.05, 4.69) is 0 Å². The van der Waals surface area contributed by atoms with Gasteiger partial charge in [-0.2, -0.15) is 0 Å². The molecule has 0 spiro atoms. The number of nitrogens with zero attached hydrogens (tertiary/aromatic N) is 1. The lowest BCUT2D eigenvalue weighted by Gasteiger charge is -2.18. The second-order valence-corrected chi connectivity index (χ2v) is 5.65. The summed E-state index contributed by atoms with van der Waals surface area (Å²) in [7, 11) is 0. The molecule has 21 heavy (non-hydrogen) atoms. The van der Waals surface area contributed by atoms with E-state index in [-0.39, 0.29) is 5.69 Å². The summed E-state index contributed by atoms with van der Waals surface area (Å²) in [6.07, 6.45) is 2.01. The van der Waals surface area contributed by atoms with E-state index >= 15 is 0 Å². The maximum absolute atomic E-state index is 11.0. The van der Waals surface area contributed by atoms with E-state index in [0.29, 0.717) is 30.8 Å². The Balaban J connectivity index is 2.46. The van der Waals surface area contributed by atoms with Gasteiger partial charge in [-0.25, -0.2) is 0 Å². The third kappa shape index (κ3) is 4.73. The number of ether oxygens (including phenoxy) is 1. The smallest absolute Gasteiger partial charge is 0.309 e. The summed E-state index contributed by atoms with van der Waals surface area (Å²) in [4.78, 5) is 21.3. The highest BCUT2D eigenvalue weighted by molar-refractivity contribution is 5.73. The molecule has 1 rings (SSSR count). The number of nitro benzene ring substituents is 1. The molecule has 0 aliphatic rings. The number of benzene rings is 1. The summed E-state index contributed by atoms with van der Waals surface area (Å²) in [5.74, 6) is -0.306. The van der Waals surface area contributed by atoms with Crippen molar-refractivity contribution in [3.05, 3.63) is 33.9 Å². The van der Waals surface area contributed by atoms with Gasteiger partial charge in [-0.15, -0.1) is 0 Å². The summed E-state index contributed by atoms with van der Waals surface area (Å²) < 4.78 is 5.55. The monoisotopic (exact) mass is 295 g/mol. The zero-order valence-corrected chi connectivity index (χ0v) is 12.6. The molecule has 0 aliphatic heterocycles. The van der Waals surface area contributed by atoms with Crippen LogP contribution in [0.3, 0.4) is 0 Å². The second-order valence-electron chi connectivity index (χ2n) is 5.65. The van der Waals surface area contributed by atoms with Gasteiger partial charge in [0.2, 0.25) is 0 Å². The van der Waals surface area contributed by atoms with E-state index in [9.17, 15) is 14.9 Å². The Morgan fingerprint density at radius 2 is 2.05 bits per heavy atom. The third-order valence-electron chi connectivity index (χ3n) is 3.48. The minimum absolute atomic E-state index is 0.0412. The van der Waals surface area contributed by atoms with Crippen LogP contribution in [-0.4, -0.2) is 22.6 Å². The highest BCUT2D eigenvalue weighted by atomic mass is 16.6. The van der Waals surface area contributed by atoms with Gasteiger partial charge in [-0.3, -0.25) is 14.9 Å².